The van der Waals surface area contributed by atoms with Crippen molar-refractivity contribution in [3.63, 3.8) is 0 Å². The highest BCUT2D eigenvalue weighted by molar-refractivity contribution is 9.10. The average molecular weight is 371 g/mol. The second-order valence-corrected chi connectivity index (χ2v) is 6.56. The predicted octanol–water partition coefficient (Wildman–Crippen LogP) is 3.35. The summed E-state index contributed by atoms with van der Waals surface area (Å²) in [4.78, 5) is 26.6. The largest absolute Gasteiger partial charge is 0.342 e. The summed E-state index contributed by atoms with van der Waals surface area (Å²) < 4.78 is 1.00. The molecule has 1 saturated heterocycles. The van der Waals surface area contributed by atoms with E-state index < -0.39 is 0 Å². The van der Waals surface area contributed by atoms with E-state index in [9.17, 15) is 4.79 Å². The normalized spacial score (nSPS) is 14.6. The number of anilines is 1. The Labute approximate surface area is 141 Å². The Morgan fingerprint density at radius 3 is 2.57 bits per heavy atom. The molecule has 1 fully saturated rings. The fraction of sp³-hybridized carbons (Fsp3) is 0.235. The van der Waals surface area contributed by atoms with Gasteiger partial charge in [-0.3, -0.25) is 9.78 Å². The van der Waals surface area contributed by atoms with E-state index in [0.29, 0.717) is 17.0 Å². The number of pyridine rings is 1. The number of aromatic nitrogens is 3. The molecule has 5 nitrogen and oxygen atoms in total. The third-order valence-corrected chi connectivity index (χ3v) is 4.68. The standard InChI is InChI=1S/C17H15BrN4O/c18-12-5-3-11(4-6-12)13-7-8-19-15-14(13)16(23)21-17(20-15)22-9-1-2-10-22/h3-8H,1-2,9-10H2,(H,19,20,21,23). The van der Waals surface area contributed by atoms with Crippen molar-refractivity contribution in [2.24, 2.45) is 0 Å². The summed E-state index contributed by atoms with van der Waals surface area (Å²) in [5.41, 5.74) is 2.19. The lowest BCUT2D eigenvalue weighted by Gasteiger charge is -2.16. The van der Waals surface area contributed by atoms with Gasteiger partial charge in [0.05, 0.1) is 5.39 Å². The smallest absolute Gasteiger partial charge is 0.262 e. The molecule has 1 aliphatic heterocycles. The van der Waals surface area contributed by atoms with Crippen LogP contribution in [-0.4, -0.2) is 28.0 Å². The van der Waals surface area contributed by atoms with Crippen LogP contribution in [0.2, 0.25) is 0 Å². The lowest BCUT2D eigenvalue weighted by molar-refractivity contribution is 0.897. The van der Waals surface area contributed by atoms with Crippen LogP contribution in [0.4, 0.5) is 5.95 Å². The maximum atomic E-state index is 12.6. The van der Waals surface area contributed by atoms with Crippen molar-refractivity contribution >= 4 is 32.9 Å². The van der Waals surface area contributed by atoms with E-state index in [2.05, 4.69) is 35.8 Å². The molecule has 0 radical (unpaired) electrons. The second kappa shape index (κ2) is 5.77. The Bertz CT molecular complexity index is 914. The highest BCUT2D eigenvalue weighted by atomic mass is 79.9. The Hall–Kier alpha value is -2.21. The molecular formula is C17H15BrN4O. The second-order valence-electron chi connectivity index (χ2n) is 5.65. The van der Waals surface area contributed by atoms with Crippen LogP contribution in [0.5, 0.6) is 0 Å². The van der Waals surface area contributed by atoms with Gasteiger partial charge in [-0.25, -0.2) is 4.98 Å². The van der Waals surface area contributed by atoms with Crippen molar-refractivity contribution in [3.05, 3.63) is 51.4 Å². The Morgan fingerprint density at radius 2 is 1.83 bits per heavy atom. The number of benzene rings is 1. The lowest BCUT2D eigenvalue weighted by atomic mass is 10.0. The number of halogens is 1. The van der Waals surface area contributed by atoms with Crippen molar-refractivity contribution in [1.82, 2.24) is 15.0 Å². The summed E-state index contributed by atoms with van der Waals surface area (Å²) in [7, 11) is 0. The highest BCUT2D eigenvalue weighted by Crippen LogP contribution is 2.26. The number of aromatic amines is 1. The third-order valence-electron chi connectivity index (χ3n) is 4.16. The SMILES string of the molecule is O=c1[nH]c(N2CCCC2)nc2nccc(-c3ccc(Br)cc3)c12. The predicted molar refractivity (Wildman–Crippen MR) is 94.7 cm³/mol. The van der Waals surface area contributed by atoms with Gasteiger partial charge in [0.2, 0.25) is 5.95 Å². The zero-order chi connectivity index (χ0) is 15.8. The molecule has 1 aromatic carbocycles. The molecule has 0 atom stereocenters. The molecule has 116 valence electrons. The number of fused-ring (bicyclic) bond motifs is 1. The van der Waals surface area contributed by atoms with E-state index in [0.717, 1.165) is 41.5 Å². The van der Waals surface area contributed by atoms with Crippen LogP contribution in [-0.2, 0) is 0 Å². The van der Waals surface area contributed by atoms with E-state index in [1.54, 1.807) is 6.20 Å². The van der Waals surface area contributed by atoms with Crippen molar-refractivity contribution in [1.29, 1.82) is 0 Å². The molecule has 0 saturated carbocycles. The summed E-state index contributed by atoms with van der Waals surface area (Å²) in [6, 6.07) is 9.74. The minimum Gasteiger partial charge on any atom is -0.342 e. The first kappa shape index (κ1) is 14.4. The van der Waals surface area contributed by atoms with E-state index in [1.165, 1.54) is 0 Å². The van der Waals surface area contributed by atoms with Crippen LogP contribution >= 0.6 is 15.9 Å². The number of nitrogens with one attached hydrogen (secondary N) is 1. The van der Waals surface area contributed by atoms with E-state index in [-0.39, 0.29) is 5.56 Å². The molecule has 23 heavy (non-hydrogen) atoms. The molecule has 0 unspecified atom stereocenters. The van der Waals surface area contributed by atoms with Crippen molar-refractivity contribution in [2.75, 3.05) is 18.0 Å². The van der Waals surface area contributed by atoms with Gasteiger partial charge < -0.3 is 4.90 Å². The van der Waals surface area contributed by atoms with Gasteiger partial charge in [-0.05, 0) is 42.2 Å². The number of H-pyrrole nitrogens is 1. The van der Waals surface area contributed by atoms with E-state index in [1.807, 2.05) is 30.3 Å². The van der Waals surface area contributed by atoms with Gasteiger partial charge in [-0.15, -0.1) is 0 Å². The van der Waals surface area contributed by atoms with Crippen LogP contribution in [0, 0.1) is 0 Å². The van der Waals surface area contributed by atoms with E-state index >= 15 is 0 Å². The average Bonchev–Trinajstić information content (AvgIpc) is 3.09. The molecule has 3 aromatic rings. The summed E-state index contributed by atoms with van der Waals surface area (Å²) >= 11 is 3.43. The topological polar surface area (TPSA) is 61.9 Å². The Kier molecular flexibility index (Phi) is 3.61. The number of rotatable bonds is 2. The van der Waals surface area contributed by atoms with Crippen LogP contribution in [0.1, 0.15) is 12.8 Å². The molecule has 3 heterocycles. The lowest BCUT2D eigenvalue weighted by Crippen LogP contribution is -2.24. The number of nitrogens with zero attached hydrogens (tertiary/aromatic N) is 3. The molecule has 0 aliphatic carbocycles. The first-order valence-corrected chi connectivity index (χ1v) is 8.41. The van der Waals surface area contributed by atoms with Crippen molar-refractivity contribution < 1.29 is 0 Å². The quantitative estimate of drug-likeness (QED) is 0.751. The van der Waals surface area contributed by atoms with Crippen LogP contribution in [0.3, 0.4) is 0 Å². The van der Waals surface area contributed by atoms with Gasteiger partial charge >= 0.3 is 0 Å². The third kappa shape index (κ3) is 2.63. The highest BCUT2D eigenvalue weighted by Gasteiger charge is 2.17. The molecule has 1 N–H and O–H groups in total. The first-order chi connectivity index (χ1) is 11.2. The van der Waals surface area contributed by atoms with E-state index in [4.69, 9.17) is 0 Å². The molecule has 0 amide bonds. The van der Waals surface area contributed by atoms with Crippen molar-refractivity contribution in [2.45, 2.75) is 12.8 Å². The summed E-state index contributed by atoms with van der Waals surface area (Å²) in [5.74, 6) is 0.625. The molecule has 2 aromatic heterocycles. The Morgan fingerprint density at radius 1 is 1.09 bits per heavy atom. The molecule has 0 bridgehead atoms. The summed E-state index contributed by atoms with van der Waals surface area (Å²) in [6.07, 6.45) is 3.97. The molecule has 1 aliphatic rings. The first-order valence-electron chi connectivity index (χ1n) is 7.62. The van der Waals surface area contributed by atoms with Gasteiger partial charge in [-0.1, -0.05) is 28.1 Å². The monoisotopic (exact) mass is 370 g/mol. The number of hydrogen-bond acceptors (Lipinski definition) is 4. The molecule has 6 heteroatoms. The maximum absolute atomic E-state index is 12.6. The minimum absolute atomic E-state index is 0.136. The van der Waals surface area contributed by atoms with Crippen molar-refractivity contribution in [3.8, 4) is 11.1 Å². The maximum Gasteiger partial charge on any atom is 0.262 e. The fourth-order valence-corrected chi connectivity index (χ4v) is 3.26. The zero-order valence-corrected chi connectivity index (χ0v) is 14.0. The number of hydrogen-bond donors (Lipinski definition) is 1. The fourth-order valence-electron chi connectivity index (χ4n) is 3.00. The summed E-state index contributed by atoms with van der Waals surface area (Å²) in [5, 5.41) is 0.540. The summed E-state index contributed by atoms with van der Waals surface area (Å²) in [6.45, 7) is 1.86. The minimum atomic E-state index is -0.136. The van der Waals surface area contributed by atoms with Gasteiger partial charge in [0, 0.05) is 23.8 Å². The van der Waals surface area contributed by atoms with Gasteiger partial charge in [0.15, 0.2) is 5.65 Å². The zero-order valence-electron chi connectivity index (χ0n) is 12.4. The molecule has 4 rings (SSSR count). The molecular weight excluding hydrogens is 356 g/mol. The van der Waals surface area contributed by atoms with Gasteiger partial charge in [0.25, 0.3) is 5.56 Å². The van der Waals surface area contributed by atoms with Gasteiger partial charge in [-0.2, -0.15) is 4.98 Å². The van der Waals surface area contributed by atoms with Crippen LogP contribution in [0.25, 0.3) is 22.2 Å². The van der Waals surface area contributed by atoms with Crippen LogP contribution in [0.15, 0.2) is 45.8 Å². The Balaban J connectivity index is 1.90. The van der Waals surface area contributed by atoms with Crippen LogP contribution < -0.4 is 10.5 Å². The van der Waals surface area contributed by atoms with Gasteiger partial charge in [0.1, 0.15) is 0 Å². The molecule has 0 spiro atoms.